The first kappa shape index (κ1) is 15.2. The summed E-state index contributed by atoms with van der Waals surface area (Å²) in [5.41, 5.74) is 5.74. The van der Waals surface area contributed by atoms with Crippen molar-refractivity contribution < 1.29 is 13.2 Å². The number of rotatable bonds is 3. The summed E-state index contributed by atoms with van der Waals surface area (Å²) in [5.74, 6) is -0.433. The number of nitrogens with two attached hydrogens (primary N) is 1. The molecule has 0 radical (unpaired) electrons. The number of hydrogen-bond donors (Lipinski definition) is 1. The molecule has 1 atom stereocenters. The van der Waals surface area contributed by atoms with Crippen LogP contribution in [0.4, 0.5) is 24.7 Å². The summed E-state index contributed by atoms with van der Waals surface area (Å²) in [6.07, 6.45) is -2.35. The summed E-state index contributed by atoms with van der Waals surface area (Å²) in [5, 5.41) is -0.197. The number of nitrogens with zero attached hydrogens (tertiary/aromatic N) is 3. The molecule has 0 amide bonds. The summed E-state index contributed by atoms with van der Waals surface area (Å²) in [6, 6.07) is 1.44. The zero-order valence-corrected chi connectivity index (χ0v) is 11.7. The Morgan fingerprint density at radius 3 is 2.75 bits per heavy atom. The Morgan fingerprint density at radius 2 is 2.20 bits per heavy atom. The maximum atomic E-state index is 13.5. The molecule has 0 aromatic carbocycles. The number of pyridine rings is 1. The van der Waals surface area contributed by atoms with Gasteiger partial charge in [-0.2, -0.15) is 4.39 Å². The van der Waals surface area contributed by atoms with Crippen LogP contribution in [0.3, 0.4) is 0 Å². The van der Waals surface area contributed by atoms with Gasteiger partial charge >= 0.3 is 0 Å². The normalized spacial score (nSPS) is 20.7. The van der Waals surface area contributed by atoms with E-state index in [1.807, 2.05) is 11.8 Å². The molecule has 1 aromatic heterocycles. The number of piperazine rings is 1. The van der Waals surface area contributed by atoms with E-state index in [0.29, 0.717) is 25.5 Å². The highest BCUT2D eigenvalue weighted by Crippen LogP contribution is 2.27. The van der Waals surface area contributed by atoms with Crippen molar-refractivity contribution in [3.63, 3.8) is 0 Å². The van der Waals surface area contributed by atoms with E-state index < -0.39 is 12.4 Å². The average molecular weight is 309 g/mol. The van der Waals surface area contributed by atoms with E-state index in [-0.39, 0.29) is 23.3 Å². The minimum absolute atomic E-state index is 0.0602. The van der Waals surface area contributed by atoms with Gasteiger partial charge < -0.3 is 10.6 Å². The van der Waals surface area contributed by atoms with Crippen LogP contribution in [-0.4, -0.2) is 48.5 Å². The van der Waals surface area contributed by atoms with Crippen LogP contribution in [0.15, 0.2) is 6.07 Å². The number of halogens is 4. The topological polar surface area (TPSA) is 45.4 Å². The Hall–Kier alpha value is -1.21. The first-order valence-electron chi connectivity index (χ1n) is 6.27. The van der Waals surface area contributed by atoms with E-state index in [0.717, 1.165) is 0 Å². The molecule has 8 heteroatoms. The average Bonchev–Trinajstić information content (AvgIpc) is 2.34. The number of hydrogen-bond acceptors (Lipinski definition) is 4. The SMILES string of the molecule is CC1CN(CC(F)F)CCN1c1cc(N)c(Cl)c(F)n1. The van der Waals surface area contributed by atoms with E-state index in [2.05, 4.69) is 4.98 Å². The second-order valence-electron chi connectivity index (χ2n) is 4.87. The largest absolute Gasteiger partial charge is 0.397 e. The molecule has 0 spiro atoms. The summed E-state index contributed by atoms with van der Waals surface area (Å²) in [7, 11) is 0. The first-order valence-corrected chi connectivity index (χ1v) is 6.65. The molecule has 112 valence electrons. The highest BCUT2D eigenvalue weighted by atomic mass is 35.5. The van der Waals surface area contributed by atoms with Gasteiger partial charge in [-0.25, -0.2) is 13.8 Å². The van der Waals surface area contributed by atoms with Gasteiger partial charge in [0.05, 0.1) is 12.2 Å². The van der Waals surface area contributed by atoms with Gasteiger partial charge in [0, 0.05) is 31.7 Å². The first-order chi connectivity index (χ1) is 9.38. The van der Waals surface area contributed by atoms with Crippen molar-refractivity contribution >= 4 is 23.1 Å². The van der Waals surface area contributed by atoms with E-state index in [1.54, 1.807) is 4.90 Å². The van der Waals surface area contributed by atoms with Crippen LogP contribution >= 0.6 is 11.6 Å². The fourth-order valence-electron chi connectivity index (χ4n) is 2.39. The highest BCUT2D eigenvalue weighted by molar-refractivity contribution is 6.33. The van der Waals surface area contributed by atoms with Crippen LogP contribution in [0.25, 0.3) is 0 Å². The van der Waals surface area contributed by atoms with Gasteiger partial charge in [-0.1, -0.05) is 11.6 Å². The minimum atomic E-state index is -2.35. The van der Waals surface area contributed by atoms with Crippen molar-refractivity contribution in [2.45, 2.75) is 19.4 Å². The number of anilines is 2. The van der Waals surface area contributed by atoms with Crippen LogP contribution in [0.5, 0.6) is 0 Å². The van der Waals surface area contributed by atoms with Gasteiger partial charge in [-0.15, -0.1) is 0 Å². The molecule has 1 aliphatic heterocycles. The maximum absolute atomic E-state index is 13.5. The van der Waals surface area contributed by atoms with Crippen molar-refractivity contribution in [2.75, 3.05) is 36.8 Å². The fraction of sp³-hybridized carbons (Fsp3) is 0.583. The highest BCUT2D eigenvalue weighted by Gasteiger charge is 2.27. The summed E-state index contributed by atoms with van der Waals surface area (Å²) in [4.78, 5) is 7.30. The second-order valence-corrected chi connectivity index (χ2v) is 5.25. The third kappa shape index (κ3) is 3.27. The summed E-state index contributed by atoms with van der Waals surface area (Å²) >= 11 is 5.63. The molecule has 0 aliphatic carbocycles. The Kier molecular flexibility index (Phi) is 4.59. The van der Waals surface area contributed by atoms with Crippen molar-refractivity contribution in [1.82, 2.24) is 9.88 Å². The molecule has 0 bridgehead atoms. The lowest BCUT2D eigenvalue weighted by molar-refractivity contribution is 0.0794. The zero-order valence-electron chi connectivity index (χ0n) is 11.0. The van der Waals surface area contributed by atoms with Gasteiger partial charge in [0.15, 0.2) is 0 Å². The van der Waals surface area contributed by atoms with Gasteiger partial charge in [0.2, 0.25) is 5.95 Å². The van der Waals surface area contributed by atoms with Gasteiger partial charge in [0.1, 0.15) is 10.8 Å². The third-order valence-corrected chi connectivity index (χ3v) is 3.71. The maximum Gasteiger partial charge on any atom is 0.251 e. The molecule has 1 aliphatic rings. The van der Waals surface area contributed by atoms with Crippen LogP contribution in [0.1, 0.15) is 6.92 Å². The number of nitrogen functional groups attached to an aromatic ring is 1. The lowest BCUT2D eigenvalue weighted by Gasteiger charge is -2.40. The monoisotopic (exact) mass is 308 g/mol. The van der Waals surface area contributed by atoms with Crippen molar-refractivity contribution in [1.29, 1.82) is 0 Å². The zero-order chi connectivity index (χ0) is 14.9. The molecular weight excluding hydrogens is 293 g/mol. The molecule has 2 N–H and O–H groups in total. The molecule has 20 heavy (non-hydrogen) atoms. The predicted octanol–water partition coefficient (Wildman–Crippen LogP) is 2.23. The third-order valence-electron chi connectivity index (χ3n) is 3.33. The van der Waals surface area contributed by atoms with Crippen LogP contribution in [-0.2, 0) is 0 Å². The van der Waals surface area contributed by atoms with Crippen molar-refractivity contribution in [2.24, 2.45) is 0 Å². The van der Waals surface area contributed by atoms with Crippen LogP contribution in [0.2, 0.25) is 5.02 Å². The standard InChI is InChI=1S/C12H16ClF3N4/c1-7-5-19(6-9(14)15)2-3-20(7)10-4-8(17)11(13)12(16)18-10/h4,7,9H,2-3,5-6H2,1H3,(H2,17,18). The molecule has 1 saturated heterocycles. The lowest BCUT2D eigenvalue weighted by Crippen LogP contribution is -2.53. The lowest BCUT2D eigenvalue weighted by atomic mass is 10.2. The molecule has 2 rings (SSSR count). The van der Waals surface area contributed by atoms with Gasteiger partial charge in [0.25, 0.3) is 6.43 Å². The Bertz CT molecular complexity index is 463. The van der Waals surface area contributed by atoms with E-state index in [4.69, 9.17) is 17.3 Å². The number of aromatic nitrogens is 1. The molecule has 0 saturated carbocycles. The second kappa shape index (κ2) is 6.05. The Labute approximate surface area is 120 Å². The van der Waals surface area contributed by atoms with E-state index in [9.17, 15) is 13.2 Å². The summed E-state index contributed by atoms with van der Waals surface area (Å²) < 4.78 is 38.2. The van der Waals surface area contributed by atoms with Crippen LogP contribution in [0, 0.1) is 5.95 Å². The molecule has 1 unspecified atom stereocenters. The van der Waals surface area contributed by atoms with Crippen molar-refractivity contribution in [3.05, 3.63) is 17.0 Å². The molecule has 1 aromatic rings. The minimum Gasteiger partial charge on any atom is -0.397 e. The van der Waals surface area contributed by atoms with Gasteiger partial charge in [-0.05, 0) is 6.92 Å². The van der Waals surface area contributed by atoms with Gasteiger partial charge in [-0.3, -0.25) is 4.90 Å². The Morgan fingerprint density at radius 1 is 1.50 bits per heavy atom. The fourth-order valence-corrected chi connectivity index (χ4v) is 2.48. The van der Waals surface area contributed by atoms with Crippen LogP contribution < -0.4 is 10.6 Å². The molecule has 1 fully saturated rings. The molecule has 2 heterocycles. The molecule has 4 nitrogen and oxygen atoms in total. The number of alkyl halides is 2. The Balaban J connectivity index is 2.11. The van der Waals surface area contributed by atoms with Crippen molar-refractivity contribution in [3.8, 4) is 0 Å². The smallest absolute Gasteiger partial charge is 0.251 e. The predicted molar refractivity (Wildman–Crippen MR) is 72.9 cm³/mol. The van der Waals surface area contributed by atoms with E-state index >= 15 is 0 Å². The quantitative estimate of drug-likeness (QED) is 0.870. The summed E-state index contributed by atoms with van der Waals surface area (Å²) in [6.45, 7) is 3.06. The molecular formula is C12H16ClF3N4. The van der Waals surface area contributed by atoms with E-state index in [1.165, 1.54) is 6.07 Å².